The van der Waals surface area contributed by atoms with Crippen LogP contribution in [-0.2, 0) is 19.1 Å². The van der Waals surface area contributed by atoms with Gasteiger partial charge in [-0.2, -0.15) is 0 Å². The van der Waals surface area contributed by atoms with Gasteiger partial charge in [-0.3, -0.25) is 9.59 Å². The molecule has 5 heteroatoms. The summed E-state index contributed by atoms with van der Waals surface area (Å²) in [5.41, 5.74) is -2.63. The number of esters is 1. The maximum Gasteiger partial charge on any atom is 0.353 e. The van der Waals surface area contributed by atoms with Gasteiger partial charge in [0.1, 0.15) is 0 Å². The first kappa shape index (κ1) is 15.0. The summed E-state index contributed by atoms with van der Waals surface area (Å²) >= 11 is 0. The first-order chi connectivity index (χ1) is 8.10. The van der Waals surface area contributed by atoms with Crippen LogP contribution in [0.3, 0.4) is 0 Å². The minimum absolute atomic E-state index is 0.00280. The zero-order valence-electron chi connectivity index (χ0n) is 9.41. The summed E-state index contributed by atoms with van der Waals surface area (Å²) in [5.74, 6) is -1.25. The topological polar surface area (TPSA) is 80.7 Å². The van der Waals surface area contributed by atoms with Gasteiger partial charge in [-0.15, -0.1) is 0 Å². The molecule has 0 unspecified atom stereocenters. The highest BCUT2D eigenvalue weighted by molar-refractivity contribution is 6.11. The molecular formula is C12H14O5. The third kappa shape index (κ3) is 5.58. The Morgan fingerprint density at radius 2 is 1.47 bits per heavy atom. The van der Waals surface area contributed by atoms with Gasteiger partial charge in [-0.1, -0.05) is 36.4 Å². The molecule has 1 N–H and O–H groups in total. The van der Waals surface area contributed by atoms with Crippen molar-refractivity contribution in [1.29, 1.82) is 0 Å². The maximum atomic E-state index is 10.6. The molecule has 17 heavy (non-hydrogen) atoms. The Bertz CT molecular complexity index is 312. The highest BCUT2D eigenvalue weighted by Crippen LogP contribution is 1.98. The van der Waals surface area contributed by atoms with Gasteiger partial charge in [0, 0.05) is 0 Å². The van der Waals surface area contributed by atoms with E-state index in [4.69, 9.17) is 5.11 Å². The van der Waals surface area contributed by atoms with E-state index in [-0.39, 0.29) is 19.2 Å². The molecule has 0 bridgehead atoms. The fraction of sp³-hybridized carbons (Fsp3) is 0.250. The Hall–Kier alpha value is -2.01. The summed E-state index contributed by atoms with van der Waals surface area (Å²) in [5, 5.41) is 8.82. The number of benzene rings is 1. The van der Waals surface area contributed by atoms with E-state index in [1.54, 1.807) is 0 Å². The number of carbonyl (C=O) groups excluding carboxylic acids is 3. The second-order valence-electron chi connectivity index (χ2n) is 2.94. The van der Waals surface area contributed by atoms with Crippen molar-refractivity contribution in [2.75, 3.05) is 6.61 Å². The van der Waals surface area contributed by atoms with Crippen LogP contribution in [0.25, 0.3) is 0 Å². The van der Waals surface area contributed by atoms with Crippen LogP contribution in [0.15, 0.2) is 36.4 Å². The molecule has 0 amide bonds. The van der Waals surface area contributed by atoms with E-state index in [1.165, 1.54) is 6.92 Å². The summed E-state index contributed by atoms with van der Waals surface area (Å²) in [4.78, 5) is 30.6. The van der Waals surface area contributed by atoms with Crippen LogP contribution in [0, 0.1) is 0 Å². The molecule has 0 fully saturated rings. The SMILES string of the molecule is CCOC(=O)C(O)(C=O)C=O.c1ccccc1. The van der Waals surface area contributed by atoms with Gasteiger partial charge in [0.15, 0.2) is 12.6 Å². The molecule has 0 saturated carbocycles. The summed E-state index contributed by atoms with van der Waals surface area (Å²) < 4.78 is 4.24. The molecule has 0 heterocycles. The Morgan fingerprint density at radius 1 is 1.12 bits per heavy atom. The van der Waals surface area contributed by atoms with E-state index >= 15 is 0 Å². The lowest BCUT2D eigenvalue weighted by atomic mass is 10.1. The first-order valence-corrected chi connectivity index (χ1v) is 4.93. The van der Waals surface area contributed by atoms with Gasteiger partial charge in [-0.05, 0) is 6.92 Å². The summed E-state index contributed by atoms with van der Waals surface area (Å²) in [6.45, 7) is 1.50. The number of carbonyl (C=O) groups is 3. The fourth-order valence-corrected chi connectivity index (χ4v) is 0.756. The molecule has 0 radical (unpaired) electrons. The average Bonchev–Trinajstić information content (AvgIpc) is 2.40. The zero-order valence-corrected chi connectivity index (χ0v) is 9.41. The second kappa shape index (κ2) is 8.18. The van der Waals surface area contributed by atoms with Crippen LogP contribution in [0.2, 0.25) is 0 Å². The van der Waals surface area contributed by atoms with Gasteiger partial charge >= 0.3 is 5.97 Å². The lowest BCUT2D eigenvalue weighted by Gasteiger charge is -2.10. The van der Waals surface area contributed by atoms with Gasteiger partial charge in [0.2, 0.25) is 0 Å². The van der Waals surface area contributed by atoms with E-state index < -0.39 is 11.6 Å². The number of aliphatic hydroxyl groups is 1. The van der Waals surface area contributed by atoms with Gasteiger partial charge < -0.3 is 9.84 Å². The minimum Gasteiger partial charge on any atom is -0.463 e. The van der Waals surface area contributed by atoms with Crippen LogP contribution in [0.5, 0.6) is 0 Å². The highest BCUT2D eigenvalue weighted by atomic mass is 16.5. The number of aldehydes is 2. The lowest BCUT2D eigenvalue weighted by molar-refractivity contribution is -0.166. The summed E-state index contributed by atoms with van der Waals surface area (Å²) in [7, 11) is 0. The largest absolute Gasteiger partial charge is 0.463 e. The van der Waals surface area contributed by atoms with Gasteiger partial charge in [0.25, 0.3) is 5.60 Å². The van der Waals surface area contributed by atoms with Crippen molar-refractivity contribution < 1.29 is 24.2 Å². The second-order valence-corrected chi connectivity index (χ2v) is 2.94. The molecule has 1 rings (SSSR count). The van der Waals surface area contributed by atoms with Gasteiger partial charge in [-0.25, -0.2) is 4.79 Å². The molecule has 92 valence electrons. The molecule has 0 aliphatic heterocycles. The van der Waals surface area contributed by atoms with Crippen LogP contribution >= 0.6 is 0 Å². The number of hydrogen-bond acceptors (Lipinski definition) is 5. The van der Waals surface area contributed by atoms with Crippen molar-refractivity contribution in [3.05, 3.63) is 36.4 Å². The van der Waals surface area contributed by atoms with E-state index in [2.05, 4.69) is 4.74 Å². The summed E-state index contributed by atoms with van der Waals surface area (Å²) in [6, 6.07) is 12.0. The van der Waals surface area contributed by atoms with Crippen LogP contribution in [-0.4, -0.2) is 35.9 Å². The van der Waals surface area contributed by atoms with Crippen molar-refractivity contribution >= 4 is 18.5 Å². The molecule has 0 aromatic heterocycles. The Labute approximate surface area is 99.0 Å². The van der Waals surface area contributed by atoms with Crippen LogP contribution in [0.4, 0.5) is 0 Å². The summed E-state index contributed by atoms with van der Waals surface area (Å²) in [6.07, 6.45) is -0.337. The first-order valence-electron chi connectivity index (χ1n) is 4.93. The standard InChI is InChI=1S/C6H8O5.C6H6/c1-2-11-5(9)6(10,3-7)4-8;1-2-4-6-5-3-1/h3-4,10H,2H2,1H3;1-6H. The maximum absolute atomic E-state index is 10.6. The Balaban J connectivity index is 0.000000354. The quantitative estimate of drug-likeness (QED) is 0.465. The zero-order chi connectivity index (χ0) is 13.1. The number of hydrogen-bond donors (Lipinski definition) is 1. The lowest BCUT2D eigenvalue weighted by Crippen LogP contribution is -2.43. The van der Waals surface area contributed by atoms with Crippen molar-refractivity contribution in [3.63, 3.8) is 0 Å². The highest BCUT2D eigenvalue weighted by Gasteiger charge is 2.37. The molecule has 0 aliphatic carbocycles. The van der Waals surface area contributed by atoms with Crippen molar-refractivity contribution in [3.8, 4) is 0 Å². The number of ether oxygens (including phenoxy) is 1. The molecule has 1 aromatic carbocycles. The average molecular weight is 238 g/mol. The molecule has 0 spiro atoms. The molecule has 0 aliphatic rings. The van der Waals surface area contributed by atoms with Crippen molar-refractivity contribution in [1.82, 2.24) is 0 Å². The normalized spacial score (nSPS) is 9.53. The van der Waals surface area contributed by atoms with E-state index in [0.29, 0.717) is 0 Å². The van der Waals surface area contributed by atoms with E-state index in [0.717, 1.165) is 0 Å². The van der Waals surface area contributed by atoms with Crippen molar-refractivity contribution in [2.24, 2.45) is 0 Å². The Kier molecular flexibility index (Phi) is 7.21. The minimum atomic E-state index is -2.63. The van der Waals surface area contributed by atoms with Gasteiger partial charge in [0.05, 0.1) is 6.61 Å². The van der Waals surface area contributed by atoms with E-state index in [1.807, 2.05) is 36.4 Å². The molecule has 0 saturated heterocycles. The molecular weight excluding hydrogens is 224 g/mol. The Morgan fingerprint density at radius 3 is 1.71 bits per heavy atom. The number of rotatable bonds is 4. The monoisotopic (exact) mass is 238 g/mol. The third-order valence-electron chi connectivity index (χ3n) is 1.63. The predicted molar refractivity (Wildman–Crippen MR) is 60.2 cm³/mol. The van der Waals surface area contributed by atoms with E-state index in [9.17, 15) is 14.4 Å². The van der Waals surface area contributed by atoms with Crippen LogP contribution in [0.1, 0.15) is 6.92 Å². The predicted octanol–water partition coefficient (Wildman–Crippen LogP) is 0.365. The molecule has 1 aromatic rings. The molecule has 0 atom stereocenters. The van der Waals surface area contributed by atoms with Crippen LogP contribution < -0.4 is 0 Å². The third-order valence-corrected chi connectivity index (χ3v) is 1.63. The molecule has 5 nitrogen and oxygen atoms in total. The smallest absolute Gasteiger partial charge is 0.353 e. The fourth-order valence-electron chi connectivity index (χ4n) is 0.756. The van der Waals surface area contributed by atoms with Crippen molar-refractivity contribution in [2.45, 2.75) is 12.5 Å².